The van der Waals surface area contributed by atoms with Crippen molar-refractivity contribution in [3.05, 3.63) is 17.5 Å². The van der Waals surface area contributed by atoms with Crippen LogP contribution in [0.4, 0.5) is 0 Å². The van der Waals surface area contributed by atoms with E-state index in [4.69, 9.17) is 10.4 Å². The van der Waals surface area contributed by atoms with Gasteiger partial charge in [0.15, 0.2) is 11.5 Å². The first-order valence-corrected chi connectivity index (χ1v) is 3.39. The van der Waals surface area contributed by atoms with E-state index in [0.29, 0.717) is 12.3 Å². The monoisotopic (exact) mass is 170 g/mol. The van der Waals surface area contributed by atoms with Crippen LogP contribution < -0.4 is 16.6 Å². The zero-order valence-corrected chi connectivity index (χ0v) is 6.63. The van der Waals surface area contributed by atoms with E-state index < -0.39 is 5.91 Å². The third-order valence-corrected chi connectivity index (χ3v) is 1.27. The van der Waals surface area contributed by atoms with Crippen molar-refractivity contribution in [3.8, 4) is 0 Å². The van der Waals surface area contributed by atoms with Crippen LogP contribution >= 0.6 is 0 Å². The fourth-order valence-electron chi connectivity index (χ4n) is 0.751. The Labute approximate surface area is 69.1 Å². The third-order valence-electron chi connectivity index (χ3n) is 1.27. The molecule has 0 aliphatic rings. The Morgan fingerprint density at radius 1 is 1.83 bits per heavy atom. The van der Waals surface area contributed by atoms with E-state index in [2.05, 4.69) is 10.5 Å². The maximum Gasteiger partial charge on any atom is 0.287 e. The third kappa shape index (κ3) is 1.80. The Kier molecular flexibility index (Phi) is 2.78. The van der Waals surface area contributed by atoms with E-state index in [1.54, 1.807) is 7.05 Å². The normalized spacial score (nSPS) is 9.83. The number of hydrogen-bond acceptors (Lipinski definition) is 5. The predicted molar refractivity (Wildman–Crippen MR) is 40.9 cm³/mol. The molecule has 1 rings (SSSR count). The Bertz CT molecular complexity index is 270. The highest BCUT2D eigenvalue weighted by Gasteiger charge is 2.09. The first-order chi connectivity index (χ1) is 5.77. The highest BCUT2D eigenvalue weighted by molar-refractivity contribution is 5.91. The van der Waals surface area contributed by atoms with Gasteiger partial charge in [-0.3, -0.25) is 10.2 Å². The highest BCUT2D eigenvalue weighted by Crippen LogP contribution is 2.01. The first-order valence-electron chi connectivity index (χ1n) is 3.39. The van der Waals surface area contributed by atoms with E-state index in [1.807, 2.05) is 5.43 Å². The number of aromatic nitrogens is 1. The Hall–Kier alpha value is -1.40. The van der Waals surface area contributed by atoms with E-state index in [1.165, 1.54) is 6.07 Å². The fourth-order valence-corrected chi connectivity index (χ4v) is 0.751. The van der Waals surface area contributed by atoms with Crippen LogP contribution in [0.5, 0.6) is 0 Å². The largest absolute Gasteiger partial charge is 0.359 e. The summed E-state index contributed by atoms with van der Waals surface area (Å²) in [6, 6.07) is 1.53. The molecular weight excluding hydrogens is 160 g/mol. The minimum atomic E-state index is -0.457. The number of amides is 1. The van der Waals surface area contributed by atoms with Gasteiger partial charge in [0.1, 0.15) is 0 Å². The Balaban J connectivity index is 2.70. The molecule has 12 heavy (non-hydrogen) atoms. The van der Waals surface area contributed by atoms with Crippen molar-refractivity contribution in [3.63, 3.8) is 0 Å². The molecule has 1 amide bonds. The smallest absolute Gasteiger partial charge is 0.287 e. The number of rotatable bonds is 3. The lowest BCUT2D eigenvalue weighted by atomic mass is 10.3. The summed E-state index contributed by atoms with van der Waals surface area (Å²) in [6.45, 7) is 0.533. The van der Waals surface area contributed by atoms with Crippen molar-refractivity contribution in [1.82, 2.24) is 15.9 Å². The van der Waals surface area contributed by atoms with E-state index in [-0.39, 0.29) is 5.69 Å². The zero-order chi connectivity index (χ0) is 8.97. The number of nitrogen functional groups attached to an aromatic ring is 1. The second-order valence-corrected chi connectivity index (χ2v) is 2.18. The summed E-state index contributed by atoms with van der Waals surface area (Å²) >= 11 is 0. The van der Waals surface area contributed by atoms with Crippen LogP contribution in [-0.2, 0) is 6.54 Å². The summed E-state index contributed by atoms with van der Waals surface area (Å²) in [5.41, 5.74) is 2.14. The van der Waals surface area contributed by atoms with Crippen molar-refractivity contribution in [2.75, 3.05) is 7.05 Å². The first kappa shape index (κ1) is 8.69. The Morgan fingerprint density at radius 2 is 2.58 bits per heavy atom. The maximum absolute atomic E-state index is 10.9. The van der Waals surface area contributed by atoms with Gasteiger partial charge in [0.2, 0.25) is 0 Å². The quantitative estimate of drug-likeness (QED) is 0.307. The van der Waals surface area contributed by atoms with Gasteiger partial charge in [-0.05, 0) is 7.05 Å². The van der Waals surface area contributed by atoms with E-state index in [9.17, 15) is 4.79 Å². The molecule has 4 N–H and O–H groups in total. The molecule has 0 atom stereocenters. The van der Waals surface area contributed by atoms with Gasteiger partial charge >= 0.3 is 0 Å². The van der Waals surface area contributed by atoms with Crippen molar-refractivity contribution in [2.24, 2.45) is 5.84 Å². The summed E-state index contributed by atoms with van der Waals surface area (Å²) in [5, 5.41) is 6.36. The van der Waals surface area contributed by atoms with Crippen LogP contribution in [0.2, 0.25) is 0 Å². The molecule has 0 saturated carbocycles. The number of hydrazine groups is 1. The maximum atomic E-state index is 10.9. The highest BCUT2D eigenvalue weighted by atomic mass is 16.5. The van der Waals surface area contributed by atoms with E-state index >= 15 is 0 Å². The summed E-state index contributed by atoms with van der Waals surface area (Å²) in [6.07, 6.45) is 0. The van der Waals surface area contributed by atoms with Crippen LogP contribution in [0.25, 0.3) is 0 Å². The van der Waals surface area contributed by atoms with Gasteiger partial charge in [0.25, 0.3) is 5.91 Å². The SMILES string of the molecule is CNCc1cc(C(=O)NN)no1. The summed E-state index contributed by atoms with van der Waals surface area (Å²) < 4.78 is 4.80. The van der Waals surface area contributed by atoms with Gasteiger partial charge in [-0.1, -0.05) is 5.16 Å². The van der Waals surface area contributed by atoms with Crippen LogP contribution in [0.3, 0.4) is 0 Å². The average Bonchev–Trinajstić information content (AvgIpc) is 2.52. The average molecular weight is 170 g/mol. The number of hydrogen-bond donors (Lipinski definition) is 3. The molecule has 0 saturated heterocycles. The second-order valence-electron chi connectivity index (χ2n) is 2.18. The topological polar surface area (TPSA) is 93.2 Å². The zero-order valence-electron chi connectivity index (χ0n) is 6.63. The number of carbonyl (C=O) groups excluding carboxylic acids is 1. The van der Waals surface area contributed by atoms with Crippen LogP contribution in [-0.4, -0.2) is 18.1 Å². The molecule has 0 aliphatic carbocycles. The summed E-state index contributed by atoms with van der Waals surface area (Å²) in [7, 11) is 1.77. The van der Waals surface area contributed by atoms with Crippen molar-refractivity contribution in [2.45, 2.75) is 6.54 Å². The summed E-state index contributed by atoms with van der Waals surface area (Å²) in [4.78, 5) is 10.9. The van der Waals surface area contributed by atoms with Gasteiger partial charge in [0.05, 0.1) is 6.54 Å². The lowest BCUT2D eigenvalue weighted by Gasteiger charge is -1.89. The molecule has 0 spiro atoms. The lowest BCUT2D eigenvalue weighted by molar-refractivity contribution is 0.0944. The number of nitrogens with two attached hydrogens (primary N) is 1. The standard InChI is InChI=1S/C6H10N4O2/c1-8-3-4-2-5(10-12-4)6(11)9-7/h2,8H,3,7H2,1H3,(H,9,11). The molecule has 0 fully saturated rings. The molecule has 0 radical (unpaired) electrons. The summed E-state index contributed by atoms with van der Waals surface area (Å²) in [5.74, 6) is 5.03. The van der Waals surface area contributed by atoms with Crippen LogP contribution in [0, 0.1) is 0 Å². The molecule has 0 bridgehead atoms. The van der Waals surface area contributed by atoms with Crippen LogP contribution in [0.1, 0.15) is 16.2 Å². The number of carbonyl (C=O) groups is 1. The molecule has 1 aromatic rings. The Morgan fingerprint density at radius 3 is 3.17 bits per heavy atom. The second kappa shape index (κ2) is 3.84. The van der Waals surface area contributed by atoms with Crippen LogP contribution in [0.15, 0.2) is 10.6 Å². The van der Waals surface area contributed by atoms with Gasteiger partial charge in [-0.15, -0.1) is 0 Å². The fraction of sp³-hybridized carbons (Fsp3) is 0.333. The van der Waals surface area contributed by atoms with Gasteiger partial charge in [-0.25, -0.2) is 5.84 Å². The lowest BCUT2D eigenvalue weighted by Crippen LogP contribution is -2.30. The molecule has 0 aliphatic heterocycles. The van der Waals surface area contributed by atoms with Crippen molar-refractivity contribution in [1.29, 1.82) is 0 Å². The minimum Gasteiger partial charge on any atom is -0.359 e. The molecular formula is C6H10N4O2. The minimum absolute atomic E-state index is 0.183. The van der Waals surface area contributed by atoms with Gasteiger partial charge < -0.3 is 9.84 Å². The predicted octanol–water partition coefficient (Wildman–Crippen LogP) is -1.00. The molecule has 66 valence electrons. The molecule has 6 heteroatoms. The molecule has 0 aromatic carbocycles. The number of nitrogens with one attached hydrogen (secondary N) is 2. The molecule has 0 unspecified atom stereocenters. The number of nitrogens with zero attached hydrogens (tertiary/aromatic N) is 1. The molecule has 6 nitrogen and oxygen atoms in total. The van der Waals surface area contributed by atoms with Gasteiger partial charge in [-0.2, -0.15) is 0 Å². The molecule has 1 heterocycles. The molecule has 1 aromatic heterocycles. The van der Waals surface area contributed by atoms with E-state index in [0.717, 1.165) is 0 Å². The van der Waals surface area contributed by atoms with Gasteiger partial charge in [0, 0.05) is 6.07 Å². The van der Waals surface area contributed by atoms with Crippen molar-refractivity contribution >= 4 is 5.91 Å². The van der Waals surface area contributed by atoms with Crippen molar-refractivity contribution < 1.29 is 9.32 Å².